The van der Waals surface area contributed by atoms with Gasteiger partial charge in [0.05, 0.1) is 4.47 Å². The summed E-state index contributed by atoms with van der Waals surface area (Å²) in [6.45, 7) is 0.455. The van der Waals surface area contributed by atoms with Gasteiger partial charge in [0.15, 0.2) is 0 Å². The largest absolute Gasteiger partial charge is 0.507 e. The van der Waals surface area contributed by atoms with Gasteiger partial charge in [-0.05, 0) is 51.8 Å². The fourth-order valence-corrected chi connectivity index (χ4v) is 2.31. The summed E-state index contributed by atoms with van der Waals surface area (Å²) in [4.78, 5) is 13.8. The van der Waals surface area contributed by atoms with Gasteiger partial charge < -0.3 is 10.0 Å². The van der Waals surface area contributed by atoms with Gasteiger partial charge in [0, 0.05) is 24.2 Å². The van der Waals surface area contributed by atoms with Crippen molar-refractivity contribution in [2.24, 2.45) is 0 Å². The number of rotatable bonds is 3. The minimum Gasteiger partial charge on any atom is -0.507 e. The Morgan fingerprint density at radius 2 is 2.05 bits per heavy atom. The second kappa shape index (κ2) is 6.29. The van der Waals surface area contributed by atoms with Crippen molar-refractivity contribution >= 4 is 33.4 Å². The lowest BCUT2D eigenvalue weighted by atomic mass is 10.1. The Kier molecular flexibility index (Phi) is 4.68. The highest BCUT2D eigenvalue weighted by atomic mass is 79.9. The van der Waals surface area contributed by atoms with Crippen molar-refractivity contribution in [3.8, 4) is 5.75 Å². The van der Waals surface area contributed by atoms with Crippen molar-refractivity contribution in [3.63, 3.8) is 0 Å². The SMILES string of the molecule is CN(Cc1cccc(Cl)c1)C(=O)c1ccc(Br)c(O)c1. The van der Waals surface area contributed by atoms with Crippen LogP contribution in [0.2, 0.25) is 5.02 Å². The second-order valence-corrected chi connectivity index (χ2v) is 5.75. The fraction of sp³-hybridized carbons (Fsp3) is 0.133. The van der Waals surface area contributed by atoms with E-state index in [9.17, 15) is 9.90 Å². The Labute approximate surface area is 130 Å². The molecule has 104 valence electrons. The Balaban J connectivity index is 2.14. The summed E-state index contributed by atoms with van der Waals surface area (Å²) < 4.78 is 0.562. The number of carbonyl (C=O) groups is 1. The van der Waals surface area contributed by atoms with Crippen molar-refractivity contribution in [3.05, 3.63) is 63.1 Å². The van der Waals surface area contributed by atoms with E-state index in [1.54, 1.807) is 30.1 Å². The molecule has 0 saturated carbocycles. The van der Waals surface area contributed by atoms with E-state index < -0.39 is 0 Å². The summed E-state index contributed by atoms with van der Waals surface area (Å²) >= 11 is 9.11. The lowest BCUT2D eigenvalue weighted by Crippen LogP contribution is -2.26. The van der Waals surface area contributed by atoms with E-state index in [2.05, 4.69) is 15.9 Å². The number of aromatic hydroxyl groups is 1. The first-order chi connectivity index (χ1) is 9.47. The number of phenols is 1. The van der Waals surface area contributed by atoms with Crippen molar-refractivity contribution in [2.45, 2.75) is 6.54 Å². The summed E-state index contributed by atoms with van der Waals surface area (Å²) in [5, 5.41) is 10.3. The van der Waals surface area contributed by atoms with E-state index in [1.165, 1.54) is 6.07 Å². The number of benzene rings is 2. The number of nitrogens with zero attached hydrogens (tertiary/aromatic N) is 1. The van der Waals surface area contributed by atoms with Crippen LogP contribution in [0.4, 0.5) is 0 Å². The number of hydrogen-bond acceptors (Lipinski definition) is 2. The first-order valence-corrected chi connectivity index (χ1v) is 7.13. The number of hydrogen-bond donors (Lipinski definition) is 1. The molecule has 0 unspecified atom stereocenters. The monoisotopic (exact) mass is 353 g/mol. The molecule has 3 nitrogen and oxygen atoms in total. The van der Waals surface area contributed by atoms with Gasteiger partial charge in [-0.1, -0.05) is 23.7 Å². The molecule has 1 N–H and O–H groups in total. The highest BCUT2D eigenvalue weighted by Gasteiger charge is 2.13. The molecule has 0 bridgehead atoms. The van der Waals surface area contributed by atoms with Crippen LogP contribution in [0.5, 0.6) is 5.75 Å². The maximum atomic E-state index is 12.3. The Hall–Kier alpha value is -1.52. The maximum absolute atomic E-state index is 12.3. The molecule has 2 aromatic rings. The lowest BCUT2D eigenvalue weighted by molar-refractivity contribution is 0.0784. The van der Waals surface area contributed by atoms with Gasteiger partial charge in [-0.2, -0.15) is 0 Å². The van der Waals surface area contributed by atoms with Crippen LogP contribution >= 0.6 is 27.5 Å². The minimum atomic E-state index is -0.159. The van der Waals surface area contributed by atoms with Crippen molar-refractivity contribution in [1.29, 1.82) is 0 Å². The quantitative estimate of drug-likeness (QED) is 0.902. The predicted molar refractivity (Wildman–Crippen MR) is 83.1 cm³/mol. The van der Waals surface area contributed by atoms with E-state index in [0.717, 1.165) is 5.56 Å². The second-order valence-electron chi connectivity index (χ2n) is 4.46. The molecule has 0 aliphatic carbocycles. The Morgan fingerprint density at radius 3 is 2.70 bits per heavy atom. The highest BCUT2D eigenvalue weighted by molar-refractivity contribution is 9.10. The van der Waals surface area contributed by atoms with Gasteiger partial charge in [-0.15, -0.1) is 0 Å². The molecule has 20 heavy (non-hydrogen) atoms. The van der Waals surface area contributed by atoms with Crippen molar-refractivity contribution < 1.29 is 9.90 Å². The van der Waals surface area contributed by atoms with Gasteiger partial charge in [0.2, 0.25) is 0 Å². The molecule has 0 saturated heterocycles. The molecule has 1 amide bonds. The van der Waals surface area contributed by atoms with Crippen molar-refractivity contribution in [1.82, 2.24) is 4.90 Å². The number of halogens is 2. The molecular weight excluding hydrogens is 342 g/mol. The summed E-state index contributed by atoms with van der Waals surface area (Å²) in [5.74, 6) is -0.111. The molecular formula is C15H13BrClNO2. The van der Waals surface area contributed by atoms with Crippen molar-refractivity contribution in [2.75, 3.05) is 7.05 Å². The summed E-state index contributed by atoms with van der Waals surface area (Å²) in [7, 11) is 1.71. The third kappa shape index (κ3) is 3.52. The molecule has 5 heteroatoms. The molecule has 0 heterocycles. The molecule has 0 atom stereocenters. The maximum Gasteiger partial charge on any atom is 0.254 e. The van der Waals surface area contributed by atoms with E-state index in [0.29, 0.717) is 21.6 Å². The molecule has 0 aliphatic heterocycles. The number of carbonyl (C=O) groups excluding carboxylic acids is 1. The molecule has 0 radical (unpaired) electrons. The van der Waals surface area contributed by atoms with Crippen LogP contribution in [0, 0.1) is 0 Å². The third-order valence-electron chi connectivity index (χ3n) is 2.85. The van der Waals surface area contributed by atoms with Gasteiger partial charge in [0.1, 0.15) is 5.75 Å². The normalized spacial score (nSPS) is 10.3. The average Bonchev–Trinajstić information content (AvgIpc) is 2.41. The van der Waals surface area contributed by atoms with Gasteiger partial charge in [-0.3, -0.25) is 4.79 Å². The predicted octanol–water partition coefficient (Wildman–Crippen LogP) is 4.08. The summed E-state index contributed by atoms with van der Waals surface area (Å²) in [5.41, 5.74) is 1.39. The van der Waals surface area contributed by atoms with Crippen LogP contribution < -0.4 is 0 Å². The lowest BCUT2D eigenvalue weighted by Gasteiger charge is -2.17. The van der Waals surface area contributed by atoms with E-state index in [-0.39, 0.29) is 11.7 Å². The standard InChI is InChI=1S/C15H13BrClNO2/c1-18(9-10-3-2-4-12(17)7-10)15(20)11-5-6-13(16)14(19)8-11/h2-8,19H,9H2,1H3. The smallest absolute Gasteiger partial charge is 0.254 e. The number of amides is 1. The zero-order valence-electron chi connectivity index (χ0n) is 10.8. The van der Waals surface area contributed by atoms with Crippen LogP contribution in [-0.2, 0) is 6.54 Å². The van der Waals surface area contributed by atoms with Crippen LogP contribution in [0.25, 0.3) is 0 Å². The average molecular weight is 355 g/mol. The molecule has 0 aliphatic rings. The Bertz CT molecular complexity index is 646. The molecule has 0 spiro atoms. The highest BCUT2D eigenvalue weighted by Crippen LogP contribution is 2.25. The zero-order valence-corrected chi connectivity index (χ0v) is 13.1. The van der Waals surface area contributed by atoms with Crippen LogP contribution in [0.15, 0.2) is 46.9 Å². The summed E-state index contributed by atoms with van der Waals surface area (Å²) in [6, 6.07) is 12.1. The molecule has 2 aromatic carbocycles. The van der Waals surface area contributed by atoms with Gasteiger partial charge in [-0.25, -0.2) is 0 Å². The summed E-state index contributed by atoms with van der Waals surface area (Å²) in [6.07, 6.45) is 0. The van der Waals surface area contributed by atoms with Crippen LogP contribution in [0.1, 0.15) is 15.9 Å². The van der Waals surface area contributed by atoms with E-state index in [1.807, 2.05) is 18.2 Å². The third-order valence-corrected chi connectivity index (χ3v) is 3.75. The first-order valence-electron chi connectivity index (χ1n) is 5.96. The number of phenolic OH excluding ortho intramolecular Hbond substituents is 1. The van der Waals surface area contributed by atoms with E-state index in [4.69, 9.17) is 11.6 Å². The molecule has 0 fully saturated rings. The fourth-order valence-electron chi connectivity index (χ4n) is 1.85. The van der Waals surface area contributed by atoms with Crippen LogP contribution in [0.3, 0.4) is 0 Å². The topological polar surface area (TPSA) is 40.5 Å². The van der Waals surface area contributed by atoms with Gasteiger partial charge >= 0.3 is 0 Å². The van der Waals surface area contributed by atoms with Crippen LogP contribution in [-0.4, -0.2) is 23.0 Å². The molecule has 0 aromatic heterocycles. The van der Waals surface area contributed by atoms with E-state index >= 15 is 0 Å². The van der Waals surface area contributed by atoms with Gasteiger partial charge in [0.25, 0.3) is 5.91 Å². The zero-order chi connectivity index (χ0) is 14.7. The molecule has 2 rings (SSSR count). The Morgan fingerprint density at radius 1 is 1.30 bits per heavy atom. The first kappa shape index (κ1) is 14.9. The minimum absolute atomic E-state index is 0.0482.